The maximum Gasteiger partial charge on any atom is 0.413 e. The fraction of sp³-hybridized carbons (Fsp3) is 0.333. The number of aromatic nitrogens is 1. The van der Waals surface area contributed by atoms with Crippen molar-refractivity contribution in [2.24, 2.45) is 4.99 Å². The van der Waals surface area contributed by atoms with E-state index in [1.165, 1.54) is 6.92 Å². The van der Waals surface area contributed by atoms with E-state index in [1.807, 2.05) is 56.6 Å². The van der Waals surface area contributed by atoms with Crippen LogP contribution in [0.5, 0.6) is 0 Å². The van der Waals surface area contributed by atoms with Gasteiger partial charge in [-0.05, 0) is 64.3 Å². The van der Waals surface area contributed by atoms with Gasteiger partial charge < -0.3 is 20.3 Å². The molecule has 174 valence electrons. The van der Waals surface area contributed by atoms with Crippen molar-refractivity contribution >= 4 is 51.1 Å². The van der Waals surface area contributed by atoms with Crippen molar-refractivity contribution in [3.63, 3.8) is 0 Å². The van der Waals surface area contributed by atoms with E-state index in [2.05, 4.69) is 25.8 Å². The topological polar surface area (TPSA) is 108 Å². The van der Waals surface area contributed by atoms with Gasteiger partial charge in [0.15, 0.2) is 0 Å². The molecular formula is C24H30N6O3. The third-order valence-corrected chi connectivity index (χ3v) is 4.73. The zero-order valence-corrected chi connectivity index (χ0v) is 19.4. The largest absolute Gasteiger partial charge is 0.450 e. The van der Waals surface area contributed by atoms with Crippen LogP contribution in [0.3, 0.4) is 0 Å². The third kappa shape index (κ3) is 7.15. The van der Waals surface area contributed by atoms with Gasteiger partial charge in [-0.25, -0.2) is 9.78 Å². The second-order valence-electron chi connectivity index (χ2n) is 7.84. The van der Waals surface area contributed by atoms with Gasteiger partial charge in [-0.15, -0.1) is 0 Å². The minimum atomic E-state index is -0.563. The normalized spacial score (nSPS) is 11.6. The van der Waals surface area contributed by atoms with Crippen molar-refractivity contribution in [3.8, 4) is 0 Å². The van der Waals surface area contributed by atoms with E-state index in [4.69, 9.17) is 9.72 Å². The fourth-order valence-electron chi connectivity index (χ4n) is 3.27. The summed E-state index contributed by atoms with van der Waals surface area (Å²) in [5, 5.41) is 10.6. The molecule has 0 radical (unpaired) electrons. The Balaban J connectivity index is 1.85. The van der Waals surface area contributed by atoms with Gasteiger partial charge >= 0.3 is 6.09 Å². The first-order valence-electron chi connectivity index (χ1n) is 10.9. The van der Waals surface area contributed by atoms with E-state index in [0.29, 0.717) is 18.2 Å². The van der Waals surface area contributed by atoms with Gasteiger partial charge in [0.1, 0.15) is 0 Å². The van der Waals surface area contributed by atoms with Crippen LogP contribution in [0.2, 0.25) is 0 Å². The lowest BCUT2D eigenvalue weighted by Gasteiger charge is -2.13. The van der Waals surface area contributed by atoms with Crippen LogP contribution >= 0.6 is 0 Å². The molecule has 1 aromatic heterocycles. The number of fused-ring (bicyclic) bond motifs is 2. The standard InChI is InChI=1S/C24H30N6O3/c1-5-33-24(32)29-23(25-11-6-12-30(3)4)27-20-10-8-18-13-17-7-9-19(26-16(2)31)14-21(17)28-22(18)15-20/h7-10,13-15H,5-6,11-12H2,1-4H3,(H,26,31)(H2,25,27,29,32). The van der Waals surface area contributed by atoms with Crippen molar-refractivity contribution in [2.75, 3.05) is 44.4 Å². The molecule has 0 saturated heterocycles. The van der Waals surface area contributed by atoms with Crippen molar-refractivity contribution in [3.05, 3.63) is 42.5 Å². The van der Waals surface area contributed by atoms with Crippen LogP contribution in [0, 0.1) is 0 Å². The number of ether oxygens (including phenoxy) is 1. The number of amides is 2. The van der Waals surface area contributed by atoms with Crippen LogP contribution in [0.4, 0.5) is 16.2 Å². The minimum absolute atomic E-state index is 0.131. The molecule has 9 heteroatoms. The number of aliphatic imine (C=N–C) groups is 1. The molecule has 0 aliphatic carbocycles. The molecule has 3 rings (SSSR count). The molecule has 0 atom stereocenters. The van der Waals surface area contributed by atoms with Crippen LogP contribution in [0.1, 0.15) is 20.3 Å². The number of carbonyl (C=O) groups excluding carboxylic acids is 2. The van der Waals surface area contributed by atoms with Gasteiger partial charge in [-0.2, -0.15) is 0 Å². The average molecular weight is 451 g/mol. The molecule has 0 aliphatic rings. The summed E-state index contributed by atoms with van der Waals surface area (Å²) in [6, 6.07) is 13.4. The minimum Gasteiger partial charge on any atom is -0.450 e. The first-order valence-corrected chi connectivity index (χ1v) is 10.9. The highest BCUT2D eigenvalue weighted by molar-refractivity contribution is 6.04. The number of alkyl carbamates (subject to hydrolysis) is 1. The van der Waals surface area contributed by atoms with Crippen LogP contribution in [-0.4, -0.2) is 61.6 Å². The predicted molar refractivity (Wildman–Crippen MR) is 133 cm³/mol. The smallest absolute Gasteiger partial charge is 0.413 e. The Morgan fingerprint density at radius 3 is 2.21 bits per heavy atom. The number of hydrogen-bond donors (Lipinski definition) is 3. The van der Waals surface area contributed by atoms with Crippen LogP contribution in [0.25, 0.3) is 21.8 Å². The average Bonchev–Trinajstić information content (AvgIpc) is 2.74. The summed E-state index contributed by atoms with van der Waals surface area (Å²) in [6.45, 7) is 4.93. The monoisotopic (exact) mass is 450 g/mol. The molecule has 0 saturated carbocycles. The van der Waals surface area contributed by atoms with Crippen molar-refractivity contribution < 1.29 is 14.3 Å². The number of rotatable bonds is 7. The second-order valence-corrected chi connectivity index (χ2v) is 7.84. The van der Waals surface area contributed by atoms with E-state index in [1.54, 1.807) is 6.92 Å². The van der Waals surface area contributed by atoms with E-state index in [9.17, 15) is 9.59 Å². The SMILES string of the molecule is CCOC(=O)NC(=NCCCN(C)C)Nc1ccc2cc3ccc(NC(C)=O)cc3nc2c1. The first kappa shape index (κ1) is 23.9. The van der Waals surface area contributed by atoms with Gasteiger partial charge in [0.25, 0.3) is 0 Å². The van der Waals surface area contributed by atoms with Gasteiger partial charge in [-0.1, -0.05) is 12.1 Å². The lowest BCUT2D eigenvalue weighted by molar-refractivity contribution is -0.114. The molecular weight excluding hydrogens is 420 g/mol. The summed E-state index contributed by atoms with van der Waals surface area (Å²) in [5.41, 5.74) is 2.97. The molecule has 3 aromatic rings. The Morgan fingerprint density at radius 2 is 1.64 bits per heavy atom. The molecule has 2 amide bonds. The molecule has 0 aliphatic heterocycles. The summed E-state index contributed by atoms with van der Waals surface area (Å²) in [5.74, 6) is 0.188. The summed E-state index contributed by atoms with van der Waals surface area (Å²) in [7, 11) is 4.01. The van der Waals surface area contributed by atoms with Gasteiger partial charge in [0.05, 0.1) is 17.6 Å². The number of pyridine rings is 1. The molecule has 2 aromatic carbocycles. The molecule has 3 N–H and O–H groups in total. The van der Waals surface area contributed by atoms with Crippen molar-refractivity contribution in [1.82, 2.24) is 15.2 Å². The lowest BCUT2D eigenvalue weighted by atomic mass is 10.1. The second kappa shape index (κ2) is 11.2. The van der Waals surface area contributed by atoms with Crippen molar-refractivity contribution in [1.29, 1.82) is 0 Å². The highest BCUT2D eigenvalue weighted by atomic mass is 16.5. The molecule has 9 nitrogen and oxygen atoms in total. The van der Waals surface area contributed by atoms with E-state index in [-0.39, 0.29) is 12.5 Å². The highest BCUT2D eigenvalue weighted by Gasteiger charge is 2.09. The number of nitrogens with one attached hydrogen (secondary N) is 3. The zero-order chi connectivity index (χ0) is 23.8. The van der Waals surface area contributed by atoms with E-state index in [0.717, 1.165) is 40.5 Å². The quantitative estimate of drug-likeness (QED) is 0.219. The number of hydrogen-bond acceptors (Lipinski definition) is 6. The Labute approximate surface area is 193 Å². The number of guanidine groups is 1. The molecule has 0 fully saturated rings. The zero-order valence-electron chi connectivity index (χ0n) is 19.4. The molecule has 0 spiro atoms. The Kier molecular flexibility index (Phi) is 8.15. The Morgan fingerprint density at radius 1 is 1.00 bits per heavy atom. The predicted octanol–water partition coefficient (Wildman–Crippen LogP) is 3.81. The van der Waals surface area contributed by atoms with Gasteiger partial charge in [0.2, 0.25) is 11.9 Å². The molecule has 33 heavy (non-hydrogen) atoms. The summed E-state index contributed by atoms with van der Waals surface area (Å²) < 4.78 is 4.99. The summed E-state index contributed by atoms with van der Waals surface area (Å²) >= 11 is 0. The molecule has 0 unspecified atom stereocenters. The van der Waals surface area contributed by atoms with Gasteiger partial charge in [-0.3, -0.25) is 15.1 Å². The maximum absolute atomic E-state index is 11.9. The van der Waals surface area contributed by atoms with Crippen LogP contribution < -0.4 is 16.0 Å². The summed E-state index contributed by atoms with van der Waals surface area (Å²) in [6.07, 6.45) is 0.289. The number of carbonyl (C=O) groups is 2. The van der Waals surface area contributed by atoms with E-state index >= 15 is 0 Å². The lowest BCUT2D eigenvalue weighted by Crippen LogP contribution is -2.36. The maximum atomic E-state index is 11.9. The Hall–Kier alpha value is -3.72. The molecule has 0 bridgehead atoms. The number of anilines is 2. The van der Waals surface area contributed by atoms with Crippen LogP contribution in [-0.2, 0) is 9.53 Å². The van der Waals surface area contributed by atoms with Gasteiger partial charge in [0, 0.05) is 35.6 Å². The fourth-order valence-corrected chi connectivity index (χ4v) is 3.27. The Bertz CT molecular complexity index is 1180. The number of nitrogens with zero attached hydrogens (tertiary/aromatic N) is 3. The number of benzene rings is 2. The summed E-state index contributed by atoms with van der Waals surface area (Å²) in [4.78, 5) is 34.6. The first-order chi connectivity index (χ1) is 15.8. The van der Waals surface area contributed by atoms with Crippen LogP contribution in [0.15, 0.2) is 47.5 Å². The van der Waals surface area contributed by atoms with E-state index < -0.39 is 6.09 Å². The highest BCUT2D eigenvalue weighted by Crippen LogP contribution is 2.24. The van der Waals surface area contributed by atoms with Crippen molar-refractivity contribution in [2.45, 2.75) is 20.3 Å². The molecule has 1 heterocycles. The third-order valence-electron chi connectivity index (χ3n) is 4.73.